The zero-order chi connectivity index (χ0) is 10.7. The minimum absolute atomic E-state index is 0.0830. The molecule has 1 aromatic rings. The van der Waals surface area contributed by atoms with Crippen molar-refractivity contribution >= 4 is 6.21 Å². The van der Waals surface area contributed by atoms with E-state index >= 15 is 0 Å². The zero-order valence-electron chi connectivity index (χ0n) is 8.40. The van der Waals surface area contributed by atoms with Gasteiger partial charge in [0.25, 0.3) is 0 Å². The number of hydrogen-bond acceptors (Lipinski definition) is 4. The largest absolute Gasteiger partial charge is 0.507 e. The molecule has 2 N–H and O–H groups in total. The predicted molar refractivity (Wildman–Crippen MR) is 53.5 cm³/mol. The van der Waals surface area contributed by atoms with Gasteiger partial charge in [0, 0.05) is 11.1 Å². The summed E-state index contributed by atoms with van der Waals surface area (Å²) in [4.78, 5) is 0. The standard InChI is InChI=1S/C10H13NO3/c1-6-4-9(14-3)7(2)10(12)8(6)5-11-13/h4-5,12-13H,1-3H3/b11-5+. The summed E-state index contributed by atoms with van der Waals surface area (Å²) in [7, 11) is 1.54. The SMILES string of the molecule is COc1cc(C)c(/C=N/O)c(O)c1C. The number of phenols is 1. The first-order valence-corrected chi connectivity index (χ1v) is 4.16. The van der Waals surface area contributed by atoms with Crippen LogP contribution in [0.15, 0.2) is 11.2 Å². The monoisotopic (exact) mass is 195 g/mol. The number of methoxy groups -OCH3 is 1. The third kappa shape index (κ3) is 1.64. The fourth-order valence-corrected chi connectivity index (χ4v) is 1.32. The second-order valence-corrected chi connectivity index (χ2v) is 3.03. The highest BCUT2D eigenvalue weighted by atomic mass is 16.5. The van der Waals surface area contributed by atoms with Gasteiger partial charge in [0.2, 0.25) is 0 Å². The van der Waals surface area contributed by atoms with E-state index in [9.17, 15) is 5.11 Å². The second-order valence-electron chi connectivity index (χ2n) is 3.03. The van der Waals surface area contributed by atoms with Crippen molar-refractivity contribution in [3.63, 3.8) is 0 Å². The molecule has 4 heteroatoms. The Morgan fingerprint density at radius 2 is 2.07 bits per heavy atom. The molecule has 0 atom stereocenters. The summed E-state index contributed by atoms with van der Waals surface area (Å²) in [5.41, 5.74) is 1.93. The van der Waals surface area contributed by atoms with Gasteiger partial charge in [-0.25, -0.2) is 0 Å². The molecule has 0 saturated heterocycles. The molecule has 0 heterocycles. The number of benzene rings is 1. The summed E-state index contributed by atoms with van der Waals surface area (Å²) >= 11 is 0. The van der Waals surface area contributed by atoms with Crippen LogP contribution in [-0.4, -0.2) is 23.6 Å². The van der Waals surface area contributed by atoms with Crippen molar-refractivity contribution in [1.82, 2.24) is 0 Å². The number of phenolic OH excluding ortho intramolecular Hbond substituents is 1. The predicted octanol–water partition coefficient (Wildman–Crippen LogP) is 1.83. The molecule has 1 aromatic carbocycles. The summed E-state index contributed by atoms with van der Waals surface area (Å²) < 4.78 is 5.07. The number of aryl methyl sites for hydroxylation is 1. The van der Waals surface area contributed by atoms with E-state index in [-0.39, 0.29) is 5.75 Å². The summed E-state index contributed by atoms with van der Waals surface area (Å²) in [5.74, 6) is 0.703. The Hall–Kier alpha value is -1.71. The van der Waals surface area contributed by atoms with Gasteiger partial charge in [0.05, 0.1) is 13.3 Å². The highest BCUT2D eigenvalue weighted by molar-refractivity contribution is 5.86. The zero-order valence-corrected chi connectivity index (χ0v) is 8.40. The third-order valence-electron chi connectivity index (χ3n) is 2.16. The van der Waals surface area contributed by atoms with Gasteiger partial charge in [-0.05, 0) is 25.5 Å². The van der Waals surface area contributed by atoms with Gasteiger partial charge in [0.15, 0.2) is 0 Å². The topological polar surface area (TPSA) is 62.0 Å². The van der Waals surface area contributed by atoms with Crippen LogP contribution < -0.4 is 4.74 Å². The molecule has 0 fully saturated rings. The van der Waals surface area contributed by atoms with Crippen molar-refractivity contribution in [2.24, 2.45) is 5.16 Å². The van der Waals surface area contributed by atoms with Crippen LogP contribution in [0.5, 0.6) is 11.5 Å². The summed E-state index contributed by atoms with van der Waals surface area (Å²) in [5, 5.41) is 21.1. The molecule has 14 heavy (non-hydrogen) atoms. The van der Waals surface area contributed by atoms with Gasteiger partial charge >= 0.3 is 0 Å². The van der Waals surface area contributed by atoms with Gasteiger partial charge in [-0.1, -0.05) is 5.16 Å². The molecule has 0 aliphatic rings. The fraction of sp³-hybridized carbons (Fsp3) is 0.300. The number of oxime groups is 1. The molecule has 0 spiro atoms. The van der Waals surface area contributed by atoms with E-state index in [1.807, 2.05) is 0 Å². The lowest BCUT2D eigenvalue weighted by Gasteiger charge is -2.11. The Kier molecular flexibility index (Phi) is 2.96. The molecule has 76 valence electrons. The lowest BCUT2D eigenvalue weighted by molar-refractivity contribution is 0.321. The van der Waals surface area contributed by atoms with Crippen LogP contribution in [0.25, 0.3) is 0 Å². The van der Waals surface area contributed by atoms with Gasteiger partial charge in [0.1, 0.15) is 11.5 Å². The van der Waals surface area contributed by atoms with Crippen LogP contribution in [-0.2, 0) is 0 Å². The average Bonchev–Trinajstić information content (AvgIpc) is 2.18. The molecule has 0 aliphatic carbocycles. The molecule has 1 rings (SSSR count). The van der Waals surface area contributed by atoms with Crippen LogP contribution in [0.4, 0.5) is 0 Å². The average molecular weight is 195 g/mol. The molecular weight excluding hydrogens is 182 g/mol. The molecule has 0 amide bonds. The maximum Gasteiger partial charge on any atom is 0.131 e. The molecule has 0 bridgehead atoms. The first-order chi connectivity index (χ1) is 6.61. The van der Waals surface area contributed by atoms with E-state index in [2.05, 4.69) is 5.16 Å². The number of ether oxygens (including phenoxy) is 1. The molecular formula is C10H13NO3. The summed E-state index contributed by atoms with van der Waals surface area (Å²) in [6.07, 6.45) is 1.21. The van der Waals surface area contributed by atoms with Crippen molar-refractivity contribution in [3.05, 3.63) is 22.8 Å². The highest BCUT2D eigenvalue weighted by Gasteiger charge is 2.11. The van der Waals surface area contributed by atoms with Crippen LogP contribution in [0, 0.1) is 13.8 Å². The normalized spacial score (nSPS) is 10.8. The Morgan fingerprint density at radius 3 is 2.57 bits per heavy atom. The molecule has 0 aromatic heterocycles. The van der Waals surface area contributed by atoms with Crippen LogP contribution >= 0.6 is 0 Å². The minimum atomic E-state index is 0.0830. The second kappa shape index (κ2) is 4.00. The van der Waals surface area contributed by atoms with Crippen molar-refractivity contribution in [1.29, 1.82) is 0 Å². The number of hydrogen-bond donors (Lipinski definition) is 2. The number of rotatable bonds is 2. The maximum atomic E-state index is 9.74. The fourth-order valence-electron chi connectivity index (χ4n) is 1.32. The van der Waals surface area contributed by atoms with E-state index in [0.717, 1.165) is 5.56 Å². The van der Waals surface area contributed by atoms with Crippen molar-refractivity contribution in [3.8, 4) is 11.5 Å². The first-order valence-electron chi connectivity index (χ1n) is 4.16. The quantitative estimate of drug-likeness (QED) is 0.430. The molecule has 0 saturated carbocycles. The number of nitrogens with zero attached hydrogens (tertiary/aromatic N) is 1. The van der Waals surface area contributed by atoms with Crippen molar-refractivity contribution in [2.45, 2.75) is 13.8 Å². The van der Waals surface area contributed by atoms with Crippen LogP contribution in [0.2, 0.25) is 0 Å². The van der Waals surface area contributed by atoms with E-state index in [1.54, 1.807) is 27.0 Å². The van der Waals surface area contributed by atoms with Gasteiger partial charge in [-0.3, -0.25) is 0 Å². The first kappa shape index (κ1) is 10.4. The minimum Gasteiger partial charge on any atom is -0.507 e. The Balaban J connectivity index is 3.40. The molecule has 0 aliphatic heterocycles. The van der Waals surface area contributed by atoms with E-state index in [1.165, 1.54) is 6.21 Å². The third-order valence-corrected chi connectivity index (χ3v) is 2.16. The van der Waals surface area contributed by atoms with Crippen molar-refractivity contribution < 1.29 is 15.1 Å². The lowest BCUT2D eigenvalue weighted by Crippen LogP contribution is -1.95. The Bertz CT molecular complexity index is 372. The highest BCUT2D eigenvalue weighted by Crippen LogP contribution is 2.31. The van der Waals surface area contributed by atoms with Gasteiger partial charge in [-0.2, -0.15) is 0 Å². The molecule has 0 unspecified atom stereocenters. The van der Waals surface area contributed by atoms with E-state index < -0.39 is 0 Å². The molecule has 4 nitrogen and oxygen atoms in total. The summed E-state index contributed by atoms with van der Waals surface area (Å²) in [6, 6.07) is 1.78. The van der Waals surface area contributed by atoms with Gasteiger partial charge < -0.3 is 15.1 Å². The van der Waals surface area contributed by atoms with Crippen LogP contribution in [0.3, 0.4) is 0 Å². The van der Waals surface area contributed by atoms with Crippen molar-refractivity contribution in [2.75, 3.05) is 7.11 Å². The Labute approximate surface area is 82.4 Å². The maximum absolute atomic E-state index is 9.74. The van der Waals surface area contributed by atoms with E-state index in [4.69, 9.17) is 9.94 Å². The lowest BCUT2D eigenvalue weighted by atomic mass is 10.0. The van der Waals surface area contributed by atoms with Gasteiger partial charge in [-0.15, -0.1) is 0 Å². The Morgan fingerprint density at radius 1 is 1.43 bits per heavy atom. The van der Waals surface area contributed by atoms with Crippen LogP contribution in [0.1, 0.15) is 16.7 Å². The molecule has 0 radical (unpaired) electrons. The van der Waals surface area contributed by atoms with E-state index in [0.29, 0.717) is 16.9 Å². The number of aromatic hydroxyl groups is 1. The summed E-state index contributed by atoms with van der Waals surface area (Å²) in [6.45, 7) is 3.54. The smallest absolute Gasteiger partial charge is 0.131 e.